The highest BCUT2D eigenvalue weighted by atomic mass is 32.2. The van der Waals surface area contributed by atoms with Gasteiger partial charge in [0.2, 0.25) is 0 Å². The summed E-state index contributed by atoms with van der Waals surface area (Å²) < 4.78 is 1.69. The molecule has 0 radical (unpaired) electrons. The average molecular weight is 389 g/mol. The molecule has 0 bridgehead atoms. The van der Waals surface area contributed by atoms with Gasteiger partial charge in [-0.2, -0.15) is 0 Å². The van der Waals surface area contributed by atoms with E-state index >= 15 is 0 Å². The van der Waals surface area contributed by atoms with E-state index in [1.165, 1.54) is 25.2 Å². The Labute approximate surface area is 162 Å². The van der Waals surface area contributed by atoms with Crippen molar-refractivity contribution in [2.75, 3.05) is 7.05 Å². The quantitative estimate of drug-likeness (QED) is 0.440. The zero-order valence-electron chi connectivity index (χ0n) is 15.5. The fourth-order valence-corrected chi connectivity index (χ4v) is 4.21. The number of aryl methyl sites for hydroxylation is 1. The number of nitrogens with zero attached hydrogens (tertiary/aromatic N) is 5. The molecule has 1 saturated carbocycles. The highest BCUT2D eigenvalue weighted by Crippen LogP contribution is 2.34. The maximum absolute atomic E-state index is 12.9. The number of carbonyl (C=O) groups excluding carboxylic acids is 1. The molecule has 9 heteroatoms. The van der Waals surface area contributed by atoms with E-state index in [9.17, 15) is 14.9 Å². The first-order chi connectivity index (χ1) is 13.0. The number of aromatic nitrogens is 3. The van der Waals surface area contributed by atoms with Crippen LogP contribution in [0.2, 0.25) is 0 Å². The van der Waals surface area contributed by atoms with Crippen molar-refractivity contribution in [1.29, 1.82) is 0 Å². The smallest absolute Gasteiger partial charge is 0.284 e. The molecule has 0 unspecified atom stereocenters. The van der Waals surface area contributed by atoms with E-state index in [-0.39, 0.29) is 17.6 Å². The molecule has 1 aliphatic rings. The summed E-state index contributed by atoms with van der Waals surface area (Å²) in [5, 5.41) is 19.8. The molecule has 1 fully saturated rings. The van der Waals surface area contributed by atoms with Gasteiger partial charge in [-0.05, 0) is 36.7 Å². The number of hydrogen-bond donors (Lipinski definition) is 0. The largest absolute Gasteiger partial charge is 0.339 e. The zero-order valence-corrected chi connectivity index (χ0v) is 16.3. The van der Waals surface area contributed by atoms with Gasteiger partial charge in [0.1, 0.15) is 6.33 Å². The maximum atomic E-state index is 12.9. The lowest BCUT2D eigenvalue weighted by Gasteiger charge is -2.27. The van der Waals surface area contributed by atoms with Gasteiger partial charge >= 0.3 is 0 Å². The molecular weight excluding hydrogens is 366 g/mol. The zero-order chi connectivity index (χ0) is 19.4. The van der Waals surface area contributed by atoms with Crippen LogP contribution < -0.4 is 0 Å². The third kappa shape index (κ3) is 4.47. The minimum absolute atomic E-state index is 0.0943. The molecule has 0 atom stereocenters. The van der Waals surface area contributed by atoms with Crippen LogP contribution in [0.25, 0.3) is 0 Å². The van der Waals surface area contributed by atoms with Gasteiger partial charge < -0.3 is 9.47 Å². The van der Waals surface area contributed by atoms with Gasteiger partial charge in [0.25, 0.3) is 11.6 Å². The van der Waals surface area contributed by atoms with Gasteiger partial charge in [-0.15, -0.1) is 10.2 Å². The number of amides is 1. The Hall–Kier alpha value is -2.42. The molecule has 0 N–H and O–H groups in total. The highest BCUT2D eigenvalue weighted by Gasteiger charge is 2.25. The van der Waals surface area contributed by atoms with E-state index in [2.05, 4.69) is 10.2 Å². The first kappa shape index (κ1) is 19.3. The first-order valence-electron chi connectivity index (χ1n) is 9.05. The molecule has 0 aliphatic heterocycles. The van der Waals surface area contributed by atoms with Gasteiger partial charge in [-0.3, -0.25) is 14.9 Å². The lowest BCUT2D eigenvalue weighted by Crippen LogP contribution is -2.36. The van der Waals surface area contributed by atoms with Gasteiger partial charge in [0, 0.05) is 31.8 Å². The van der Waals surface area contributed by atoms with E-state index in [0.717, 1.165) is 37.4 Å². The van der Waals surface area contributed by atoms with Gasteiger partial charge in [-0.1, -0.05) is 25.7 Å². The summed E-state index contributed by atoms with van der Waals surface area (Å²) in [6.07, 6.45) is 8.17. The molecule has 27 heavy (non-hydrogen) atoms. The van der Waals surface area contributed by atoms with E-state index in [0.29, 0.717) is 15.6 Å². The Kier molecular flexibility index (Phi) is 6.10. The predicted octanol–water partition coefficient (Wildman–Crippen LogP) is 3.67. The van der Waals surface area contributed by atoms with Crippen LogP contribution in [0.1, 0.15) is 48.9 Å². The normalized spacial score (nSPS) is 15.3. The molecule has 8 nitrogen and oxygen atoms in total. The molecule has 1 amide bonds. The van der Waals surface area contributed by atoms with Crippen LogP contribution in [-0.2, 0) is 7.05 Å². The Balaban J connectivity index is 1.83. The molecule has 3 rings (SSSR count). The van der Waals surface area contributed by atoms with Crippen molar-refractivity contribution >= 4 is 23.4 Å². The van der Waals surface area contributed by atoms with E-state index < -0.39 is 4.92 Å². The summed E-state index contributed by atoms with van der Waals surface area (Å²) in [6.45, 7) is 0. The maximum Gasteiger partial charge on any atom is 0.284 e. The van der Waals surface area contributed by atoms with Crippen LogP contribution in [-0.4, -0.2) is 43.6 Å². The summed E-state index contributed by atoms with van der Waals surface area (Å²) in [6, 6.07) is 4.84. The minimum atomic E-state index is -0.457. The number of carbonyl (C=O) groups is 1. The van der Waals surface area contributed by atoms with Gasteiger partial charge in [0.15, 0.2) is 5.16 Å². The number of nitro groups is 1. The monoisotopic (exact) mass is 389 g/mol. The third-order valence-electron chi connectivity index (χ3n) is 4.97. The van der Waals surface area contributed by atoms with E-state index in [1.807, 2.05) is 0 Å². The first-order valence-corrected chi connectivity index (χ1v) is 9.86. The average Bonchev–Trinajstić information content (AvgIpc) is 2.90. The summed E-state index contributed by atoms with van der Waals surface area (Å²) in [7, 11) is 3.57. The standard InChI is InChI=1S/C18H23N5O3S/c1-21-12-19-20-18(21)27-16-10-9-13(11-15(16)23(25)26)17(24)22(2)14-7-5-3-4-6-8-14/h9-12,14H,3-8H2,1-2H3. The Bertz CT molecular complexity index is 830. The second-order valence-electron chi connectivity index (χ2n) is 6.83. The van der Waals surface area contributed by atoms with Crippen LogP contribution in [0, 0.1) is 10.1 Å². The molecular formula is C18H23N5O3S. The molecule has 1 aromatic heterocycles. The van der Waals surface area contributed by atoms with Crippen molar-refractivity contribution in [3.8, 4) is 0 Å². The van der Waals surface area contributed by atoms with Crippen LogP contribution in [0.5, 0.6) is 0 Å². The van der Waals surface area contributed by atoms with Crippen molar-refractivity contribution in [3.63, 3.8) is 0 Å². The molecule has 0 spiro atoms. The van der Waals surface area contributed by atoms with Gasteiger partial charge in [-0.25, -0.2) is 0 Å². The Morgan fingerprint density at radius 3 is 2.59 bits per heavy atom. The predicted molar refractivity (Wildman–Crippen MR) is 102 cm³/mol. The second kappa shape index (κ2) is 8.51. The van der Waals surface area contributed by atoms with E-state index in [4.69, 9.17) is 0 Å². The fraction of sp³-hybridized carbons (Fsp3) is 0.500. The number of hydrogen-bond acceptors (Lipinski definition) is 6. The van der Waals surface area contributed by atoms with Crippen molar-refractivity contribution in [1.82, 2.24) is 19.7 Å². The summed E-state index contributed by atoms with van der Waals surface area (Å²) in [5.41, 5.74) is 0.249. The highest BCUT2D eigenvalue weighted by molar-refractivity contribution is 7.99. The van der Waals surface area contributed by atoms with Crippen LogP contribution >= 0.6 is 11.8 Å². The summed E-state index contributed by atoms with van der Waals surface area (Å²) in [5.74, 6) is -0.166. The van der Waals surface area contributed by atoms with Crippen LogP contribution in [0.15, 0.2) is 34.6 Å². The lowest BCUT2D eigenvalue weighted by atomic mass is 10.1. The van der Waals surface area contributed by atoms with Crippen molar-refractivity contribution in [2.45, 2.75) is 54.6 Å². The van der Waals surface area contributed by atoms with Crippen molar-refractivity contribution < 1.29 is 9.72 Å². The van der Waals surface area contributed by atoms with Gasteiger partial charge in [0.05, 0.1) is 9.82 Å². The number of nitro benzene ring substituents is 1. The lowest BCUT2D eigenvalue weighted by molar-refractivity contribution is -0.387. The molecule has 1 heterocycles. The summed E-state index contributed by atoms with van der Waals surface area (Å²) >= 11 is 1.16. The fourth-order valence-electron chi connectivity index (χ4n) is 3.36. The molecule has 0 saturated heterocycles. The molecule has 1 aromatic carbocycles. The molecule has 144 valence electrons. The molecule has 2 aromatic rings. The topological polar surface area (TPSA) is 94.2 Å². The molecule has 1 aliphatic carbocycles. The number of benzene rings is 1. The number of rotatable bonds is 5. The second-order valence-corrected chi connectivity index (χ2v) is 7.84. The van der Waals surface area contributed by atoms with Crippen molar-refractivity contribution in [3.05, 3.63) is 40.2 Å². The van der Waals surface area contributed by atoms with Crippen LogP contribution in [0.4, 0.5) is 5.69 Å². The Morgan fingerprint density at radius 2 is 2.00 bits per heavy atom. The van der Waals surface area contributed by atoms with Crippen molar-refractivity contribution in [2.24, 2.45) is 7.05 Å². The SMILES string of the molecule is CN(C(=O)c1ccc(Sc2nncn2C)c([N+](=O)[O-])c1)C1CCCCCC1. The van der Waals surface area contributed by atoms with E-state index in [1.54, 1.807) is 35.7 Å². The minimum Gasteiger partial charge on any atom is -0.339 e. The Morgan fingerprint density at radius 1 is 1.30 bits per heavy atom. The van der Waals surface area contributed by atoms with Crippen LogP contribution in [0.3, 0.4) is 0 Å². The summed E-state index contributed by atoms with van der Waals surface area (Å²) in [4.78, 5) is 26.2. The third-order valence-corrected chi connectivity index (χ3v) is 6.08.